The maximum absolute atomic E-state index is 11.3. The van der Waals surface area contributed by atoms with E-state index < -0.39 is 17.3 Å². The van der Waals surface area contributed by atoms with Gasteiger partial charge in [0.1, 0.15) is 5.75 Å². The van der Waals surface area contributed by atoms with E-state index in [1.54, 1.807) is 6.92 Å². The molecule has 2 rings (SSSR count). The van der Waals surface area contributed by atoms with Crippen LogP contribution in [0.2, 0.25) is 0 Å². The van der Waals surface area contributed by atoms with Gasteiger partial charge in [-0.3, -0.25) is 4.79 Å². The fourth-order valence-electron chi connectivity index (χ4n) is 2.50. The zero-order valence-electron chi connectivity index (χ0n) is 11.6. The van der Waals surface area contributed by atoms with Crippen LogP contribution in [-0.2, 0) is 14.9 Å². The van der Waals surface area contributed by atoms with Gasteiger partial charge in [-0.15, -0.1) is 0 Å². The van der Waals surface area contributed by atoms with E-state index in [9.17, 15) is 9.90 Å². The minimum absolute atomic E-state index is 0.401. The highest BCUT2D eigenvalue weighted by Gasteiger charge is 2.48. The van der Waals surface area contributed by atoms with Crippen molar-refractivity contribution in [2.45, 2.75) is 26.2 Å². The van der Waals surface area contributed by atoms with Crippen molar-refractivity contribution in [2.75, 3.05) is 19.8 Å². The van der Waals surface area contributed by atoms with Gasteiger partial charge in [-0.05, 0) is 31.0 Å². The molecule has 1 atom stereocenters. The van der Waals surface area contributed by atoms with E-state index in [1.165, 1.54) is 0 Å². The normalized spacial score (nSPS) is 18.5. The Morgan fingerprint density at radius 2 is 2.21 bits per heavy atom. The summed E-state index contributed by atoms with van der Waals surface area (Å²) in [7, 11) is 0. The fraction of sp³-hybridized carbons (Fsp3) is 0.533. The van der Waals surface area contributed by atoms with Crippen molar-refractivity contribution >= 4 is 5.97 Å². The second-order valence-electron chi connectivity index (χ2n) is 5.12. The highest BCUT2D eigenvalue weighted by molar-refractivity contribution is 5.72. The first kappa shape index (κ1) is 13.9. The molecule has 1 N–H and O–H groups in total. The van der Waals surface area contributed by atoms with E-state index in [2.05, 4.69) is 0 Å². The number of hydrogen-bond donors (Lipinski definition) is 1. The molecule has 4 nitrogen and oxygen atoms in total. The highest BCUT2D eigenvalue weighted by atomic mass is 16.5. The molecule has 0 radical (unpaired) electrons. The van der Waals surface area contributed by atoms with Crippen LogP contribution in [0.3, 0.4) is 0 Å². The lowest BCUT2D eigenvalue weighted by Gasteiger charge is -2.45. The largest absolute Gasteiger partial charge is 0.494 e. The van der Waals surface area contributed by atoms with Crippen molar-refractivity contribution in [3.05, 3.63) is 29.3 Å². The number of benzene rings is 1. The van der Waals surface area contributed by atoms with E-state index in [0.717, 1.165) is 16.9 Å². The summed E-state index contributed by atoms with van der Waals surface area (Å²) in [4.78, 5) is 11.3. The number of aryl methyl sites for hydroxylation is 1. The molecule has 1 aromatic rings. The van der Waals surface area contributed by atoms with Crippen LogP contribution in [0.25, 0.3) is 0 Å². The maximum Gasteiger partial charge on any atom is 0.307 e. The molecule has 0 aromatic heterocycles. The minimum Gasteiger partial charge on any atom is -0.494 e. The Hall–Kier alpha value is -1.55. The van der Waals surface area contributed by atoms with Crippen LogP contribution in [0.1, 0.15) is 25.0 Å². The van der Waals surface area contributed by atoms with Crippen molar-refractivity contribution in [1.29, 1.82) is 0 Å². The van der Waals surface area contributed by atoms with E-state index >= 15 is 0 Å². The van der Waals surface area contributed by atoms with Crippen molar-refractivity contribution in [3.63, 3.8) is 0 Å². The molecule has 4 heteroatoms. The van der Waals surface area contributed by atoms with Crippen molar-refractivity contribution < 1.29 is 19.4 Å². The lowest BCUT2D eigenvalue weighted by Crippen LogP contribution is -2.53. The molecule has 1 aliphatic heterocycles. The topological polar surface area (TPSA) is 55.8 Å². The summed E-state index contributed by atoms with van der Waals surface area (Å²) >= 11 is 0. The van der Waals surface area contributed by atoms with Gasteiger partial charge in [0.15, 0.2) is 0 Å². The third-order valence-electron chi connectivity index (χ3n) is 3.97. The van der Waals surface area contributed by atoms with Crippen LogP contribution < -0.4 is 4.74 Å². The average Bonchev–Trinajstić information content (AvgIpc) is 2.31. The van der Waals surface area contributed by atoms with Gasteiger partial charge in [0.2, 0.25) is 0 Å². The Labute approximate surface area is 113 Å². The SMILES string of the molecule is CCOc1ccc(C2(C(C)C(=O)O)COC2)cc1C. The molecule has 19 heavy (non-hydrogen) atoms. The number of ether oxygens (including phenoxy) is 2. The first-order valence-electron chi connectivity index (χ1n) is 6.55. The number of rotatable bonds is 5. The van der Waals surface area contributed by atoms with Crippen LogP contribution in [0.15, 0.2) is 18.2 Å². The number of carbonyl (C=O) groups is 1. The van der Waals surface area contributed by atoms with Crippen LogP contribution in [0, 0.1) is 12.8 Å². The van der Waals surface area contributed by atoms with Gasteiger partial charge in [0.05, 0.1) is 31.2 Å². The summed E-state index contributed by atoms with van der Waals surface area (Å²) in [5.41, 5.74) is 1.65. The molecule has 1 aromatic carbocycles. The van der Waals surface area contributed by atoms with E-state index in [0.29, 0.717) is 19.8 Å². The van der Waals surface area contributed by atoms with Gasteiger partial charge < -0.3 is 14.6 Å². The summed E-state index contributed by atoms with van der Waals surface area (Å²) in [6, 6.07) is 5.90. The highest BCUT2D eigenvalue weighted by Crippen LogP contribution is 2.41. The molecule has 0 amide bonds. The molecule has 0 saturated carbocycles. The Balaban J connectivity index is 2.34. The molecule has 1 heterocycles. The monoisotopic (exact) mass is 264 g/mol. The molecular weight excluding hydrogens is 244 g/mol. The Morgan fingerprint density at radius 3 is 2.63 bits per heavy atom. The Kier molecular flexibility index (Phi) is 3.80. The van der Waals surface area contributed by atoms with E-state index in [-0.39, 0.29) is 0 Å². The summed E-state index contributed by atoms with van der Waals surface area (Å²) in [5, 5.41) is 9.27. The van der Waals surface area contributed by atoms with Crippen LogP contribution in [0.4, 0.5) is 0 Å². The first-order chi connectivity index (χ1) is 9.01. The second kappa shape index (κ2) is 5.21. The first-order valence-corrected chi connectivity index (χ1v) is 6.55. The van der Waals surface area contributed by atoms with Crippen molar-refractivity contribution in [2.24, 2.45) is 5.92 Å². The summed E-state index contributed by atoms with van der Waals surface area (Å²) in [6.07, 6.45) is 0. The Morgan fingerprint density at radius 1 is 1.53 bits per heavy atom. The predicted octanol–water partition coefficient (Wildman–Crippen LogP) is 2.38. The van der Waals surface area contributed by atoms with Crippen LogP contribution >= 0.6 is 0 Å². The predicted molar refractivity (Wildman–Crippen MR) is 71.6 cm³/mol. The molecule has 1 fully saturated rings. The smallest absolute Gasteiger partial charge is 0.307 e. The maximum atomic E-state index is 11.3. The molecule has 1 unspecified atom stereocenters. The molecule has 1 saturated heterocycles. The average molecular weight is 264 g/mol. The van der Waals surface area contributed by atoms with Gasteiger partial charge in [-0.25, -0.2) is 0 Å². The van der Waals surface area contributed by atoms with Gasteiger partial charge in [-0.1, -0.05) is 19.1 Å². The number of hydrogen-bond acceptors (Lipinski definition) is 3. The molecule has 0 spiro atoms. The van der Waals surface area contributed by atoms with Gasteiger partial charge in [0, 0.05) is 0 Å². The quantitative estimate of drug-likeness (QED) is 0.887. The fourth-order valence-corrected chi connectivity index (χ4v) is 2.50. The minimum atomic E-state index is -0.783. The van der Waals surface area contributed by atoms with E-state index in [1.807, 2.05) is 32.0 Å². The zero-order chi connectivity index (χ0) is 14.0. The Bertz CT molecular complexity index is 477. The number of aliphatic carboxylic acids is 1. The summed E-state index contributed by atoms with van der Waals surface area (Å²) in [5.74, 6) is -0.391. The van der Waals surface area contributed by atoms with Gasteiger partial charge >= 0.3 is 5.97 Å². The second-order valence-corrected chi connectivity index (χ2v) is 5.12. The standard InChI is InChI=1S/C15H20O4/c1-4-19-13-6-5-12(7-10(13)2)15(8-18-9-15)11(3)14(16)17/h5-7,11H,4,8-9H2,1-3H3,(H,16,17). The van der Waals surface area contributed by atoms with Crippen LogP contribution in [-0.4, -0.2) is 30.9 Å². The third-order valence-corrected chi connectivity index (χ3v) is 3.97. The lowest BCUT2D eigenvalue weighted by molar-refractivity contribution is -0.155. The van der Waals surface area contributed by atoms with Crippen molar-refractivity contribution in [1.82, 2.24) is 0 Å². The van der Waals surface area contributed by atoms with E-state index in [4.69, 9.17) is 9.47 Å². The number of carboxylic acids is 1. The summed E-state index contributed by atoms with van der Waals surface area (Å²) in [6.45, 7) is 7.23. The molecule has 0 aliphatic carbocycles. The number of carboxylic acid groups (broad SMARTS) is 1. The van der Waals surface area contributed by atoms with Crippen molar-refractivity contribution in [3.8, 4) is 5.75 Å². The molecule has 104 valence electrons. The summed E-state index contributed by atoms with van der Waals surface area (Å²) < 4.78 is 10.8. The molecule has 1 aliphatic rings. The molecule has 0 bridgehead atoms. The zero-order valence-corrected chi connectivity index (χ0v) is 11.6. The molecular formula is C15H20O4. The van der Waals surface area contributed by atoms with Gasteiger partial charge in [-0.2, -0.15) is 0 Å². The van der Waals surface area contributed by atoms with Gasteiger partial charge in [0.25, 0.3) is 0 Å². The van der Waals surface area contributed by atoms with Crippen LogP contribution in [0.5, 0.6) is 5.75 Å². The lowest BCUT2D eigenvalue weighted by atomic mass is 9.69. The third kappa shape index (κ3) is 2.32.